The number of alkyl halides is 4. The van der Waals surface area contributed by atoms with Crippen molar-refractivity contribution >= 4 is 48.1 Å². The standard InChI is InChI=1S/C43H58F4N6O18/c1-5-9-20-62-38(58)50-28-16-18-52(36(56)48-28)34-42(44,45)32(70-40(60)64-22-11-7-3)26(68-34)24-66-30(54)14-13-15-31(55)67-25-27-33(71-41(61)65-23-12-8-4)43(46,47)35(69-27)53-19-17-29(49-37(53)57)51-39(59)63-21-10-6-2/h16-19,26-27,32-35H,5-15,20-25H2,1-4H3,(H,48,50,56,58)(H,49,51,57,59)/t26-,27+,32-,33+,34-,35+. The molecule has 0 saturated carbocycles. The second-order valence-electron chi connectivity index (χ2n) is 15.8. The summed E-state index contributed by atoms with van der Waals surface area (Å²) in [5.41, 5.74) is -2.63. The van der Waals surface area contributed by atoms with Crippen LogP contribution in [0.5, 0.6) is 0 Å². The summed E-state index contributed by atoms with van der Waals surface area (Å²) in [6.45, 7) is 5.17. The van der Waals surface area contributed by atoms with Crippen LogP contribution in [0.1, 0.15) is 111 Å². The zero-order valence-electron chi connectivity index (χ0n) is 39.4. The van der Waals surface area contributed by atoms with Gasteiger partial charge in [-0.05, 0) is 44.2 Å². The molecule has 4 heterocycles. The Morgan fingerprint density at radius 3 is 1.25 bits per heavy atom. The molecule has 4 rings (SSSR count). The van der Waals surface area contributed by atoms with Crippen molar-refractivity contribution in [2.24, 2.45) is 0 Å². The lowest BCUT2D eigenvalue weighted by atomic mass is 10.1. The summed E-state index contributed by atoms with van der Waals surface area (Å²) < 4.78 is 115. The van der Waals surface area contributed by atoms with Gasteiger partial charge in [-0.1, -0.05) is 53.4 Å². The average molecular weight is 1020 g/mol. The predicted octanol–water partition coefficient (Wildman–Crippen LogP) is 6.16. The predicted molar refractivity (Wildman–Crippen MR) is 232 cm³/mol. The molecule has 71 heavy (non-hydrogen) atoms. The van der Waals surface area contributed by atoms with Gasteiger partial charge in [0.25, 0.3) is 0 Å². The number of hydrogen-bond donors (Lipinski definition) is 2. The van der Waals surface area contributed by atoms with Crippen molar-refractivity contribution in [3.8, 4) is 0 Å². The van der Waals surface area contributed by atoms with Crippen LogP contribution in [0.2, 0.25) is 0 Å². The van der Waals surface area contributed by atoms with Crippen molar-refractivity contribution < 1.29 is 93.7 Å². The Labute approximate surface area is 403 Å². The Morgan fingerprint density at radius 2 is 0.915 bits per heavy atom. The van der Waals surface area contributed by atoms with Crippen molar-refractivity contribution in [3.05, 3.63) is 45.5 Å². The monoisotopic (exact) mass is 1020 g/mol. The smallest absolute Gasteiger partial charge is 0.463 e. The zero-order valence-corrected chi connectivity index (χ0v) is 39.4. The summed E-state index contributed by atoms with van der Waals surface area (Å²) >= 11 is 0. The quantitative estimate of drug-likeness (QED) is 0.0461. The van der Waals surface area contributed by atoms with Gasteiger partial charge < -0.3 is 47.4 Å². The van der Waals surface area contributed by atoms with Crippen LogP contribution < -0.4 is 22.0 Å². The number of hydrogen-bond acceptors (Lipinski definition) is 20. The zero-order chi connectivity index (χ0) is 52.1. The van der Waals surface area contributed by atoms with E-state index in [1.54, 1.807) is 13.8 Å². The van der Waals surface area contributed by atoms with E-state index in [1.807, 2.05) is 13.8 Å². The second kappa shape index (κ2) is 27.7. The lowest BCUT2D eigenvalue weighted by molar-refractivity contribution is -0.152. The lowest BCUT2D eigenvalue weighted by Crippen LogP contribution is -2.45. The van der Waals surface area contributed by atoms with Gasteiger partial charge in [-0.3, -0.25) is 29.4 Å². The fraction of sp³-hybridized carbons (Fsp3) is 0.674. The molecule has 2 aliphatic rings. The van der Waals surface area contributed by atoms with Gasteiger partial charge in [0.05, 0.1) is 26.4 Å². The average Bonchev–Trinajstić information content (AvgIpc) is 3.70. The maximum absolute atomic E-state index is 16.0. The van der Waals surface area contributed by atoms with Gasteiger partial charge in [0.2, 0.25) is 24.7 Å². The Hall–Kier alpha value is -6.58. The second-order valence-corrected chi connectivity index (χ2v) is 15.8. The van der Waals surface area contributed by atoms with E-state index in [0.717, 1.165) is 37.4 Å². The number of nitrogens with one attached hydrogen (secondary N) is 2. The minimum absolute atomic E-state index is 0.0758. The number of amides is 2. The number of carbonyl (C=O) groups excluding carboxylic acids is 6. The summed E-state index contributed by atoms with van der Waals surface area (Å²) in [5, 5.41) is 4.40. The number of nitrogens with zero attached hydrogens (tertiary/aromatic N) is 4. The third-order valence-electron chi connectivity index (χ3n) is 10.2. The molecule has 0 radical (unpaired) electrons. The van der Waals surface area contributed by atoms with Crippen LogP contribution in [0.3, 0.4) is 0 Å². The summed E-state index contributed by atoms with van der Waals surface area (Å²) in [4.78, 5) is 107. The molecule has 28 heteroatoms. The fourth-order valence-electron chi connectivity index (χ4n) is 6.46. The third kappa shape index (κ3) is 16.8. The molecule has 0 unspecified atom stereocenters. The van der Waals surface area contributed by atoms with E-state index in [1.165, 1.54) is 0 Å². The Morgan fingerprint density at radius 1 is 0.563 bits per heavy atom. The highest BCUT2D eigenvalue weighted by Crippen LogP contribution is 2.45. The van der Waals surface area contributed by atoms with Gasteiger partial charge in [-0.2, -0.15) is 27.5 Å². The third-order valence-corrected chi connectivity index (χ3v) is 10.2. The van der Waals surface area contributed by atoms with Crippen LogP contribution in [0.4, 0.5) is 48.4 Å². The molecule has 0 aromatic carbocycles. The van der Waals surface area contributed by atoms with Crippen LogP contribution in [0.25, 0.3) is 0 Å². The number of esters is 2. The molecule has 2 saturated heterocycles. The van der Waals surface area contributed by atoms with Gasteiger partial charge in [-0.15, -0.1) is 0 Å². The Balaban J connectivity index is 1.37. The molecule has 2 fully saturated rings. The van der Waals surface area contributed by atoms with Crippen molar-refractivity contribution in [1.29, 1.82) is 0 Å². The number of aromatic nitrogens is 4. The Kier molecular flexibility index (Phi) is 22.3. The molecule has 6 atom stereocenters. The van der Waals surface area contributed by atoms with E-state index < -0.39 is 123 Å². The lowest BCUT2D eigenvalue weighted by Gasteiger charge is -2.24. The molecule has 0 bridgehead atoms. The number of anilines is 2. The first-order valence-corrected chi connectivity index (χ1v) is 23.0. The fourth-order valence-corrected chi connectivity index (χ4v) is 6.46. The van der Waals surface area contributed by atoms with Gasteiger partial charge in [0.15, 0.2) is 0 Å². The summed E-state index contributed by atoms with van der Waals surface area (Å²) in [6, 6.07) is 2.02. The van der Waals surface area contributed by atoms with Crippen LogP contribution in [-0.2, 0) is 57.0 Å². The van der Waals surface area contributed by atoms with Crippen molar-refractivity contribution in [3.63, 3.8) is 0 Å². The van der Waals surface area contributed by atoms with Gasteiger partial charge in [0, 0.05) is 25.2 Å². The van der Waals surface area contributed by atoms with E-state index in [0.29, 0.717) is 47.7 Å². The van der Waals surface area contributed by atoms with Crippen LogP contribution in [0.15, 0.2) is 34.1 Å². The first-order valence-electron chi connectivity index (χ1n) is 23.0. The van der Waals surface area contributed by atoms with Crippen molar-refractivity contribution in [2.45, 2.75) is 147 Å². The van der Waals surface area contributed by atoms with E-state index in [9.17, 15) is 38.4 Å². The molecule has 2 aromatic rings. The highest BCUT2D eigenvalue weighted by Gasteiger charge is 2.64. The summed E-state index contributed by atoms with van der Waals surface area (Å²) in [5.74, 6) is -11.1. The molecule has 2 amide bonds. The summed E-state index contributed by atoms with van der Waals surface area (Å²) in [6.07, 6.45) is -13.8. The van der Waals surface area contributed by atoms with E-state index in [-0.39, 0.29) is 44.5 Å². The SMILES string of the molecule is CCCCOC(=O)Nc1ccn([C@H]2O[C@@H](COC(=O)CCCC(=O)OC[C@H]3O[C@@H](n4ccc(NC(=O)OCCCC)nc4=O)C(F)(F)[C@@H]3OC(=O)OCCCC)[C@H](OC(=O)OCCCC)C2(F)F)c(=O)n1. The maximum atomic E-state index is 16.0. The Bertz CT molecular complexity index is 2080. The van der Waals surface area contributed by atoms with E-state index in [4.69, 9.17) is 47.4 Å². The molecular formula is C43H58F4N6O18. The molecule has 2 aromatic heterocycles. The van der Waals surface area contributed by atoms with Crippen molar-refractivity contribution in [1.82, 2.24) is 19.1 Å². The highest BCUT2D eigenvalue weighted by molar-refractivity contribution is 5.83. The van der Waals surface area contributed by atoms with Gasteiger partial charge in [-0.25, -0.2) is 28.8 Å². The molecule has 0 spiro atoms. The molecule has 24 nitrogen and oxygen atoms in total. The first-order chi connectivity index (χ1) is 33.8. The van der Waals surface area contributed by atoms with E-state index >= 15 is 17.6 Å². The van der Waals surface area contributed by atoms with E-state index in [2.05, 4.69) is 20.6 Å². The molecule has 2 aliphatic heterocycles. The normalized spacial score (nSPS) is 20.8. The molecular weight excluding hydrogens is 964 g/mol. The minimum atomic E-state index is -4.17. The number of carbonyl (C=O) groups is 6. The summed E-state index contributed by atoms with van der Waals surface area (Å²) in [7, 11) is 0. The molecule has 396 valence electrons. The minimum Gasteiger partial charge on any atom is -0.463 e. The maximum Gasteiger partial charge on any atom is 0.508 e. The number of halogens is 4. The van der Waals surface area contributed by atoms with Crippen LogP contribution in [-0.4, -0.2) is 131 Å². The number of rotatable bonds is 26. The largest absolute Gasteiger partial charge is 0.508 e. The molecule has 2 N–H and O–H groups in total. The number of ether oxygens (including phenoxy) is 10. The molecule has 0 aliphatic carbocycles. The van der Waals surface area contributed by atoms with Crippen LogP contribution >= 0.6 is 0 Å². The topological polar surface area (TPSA) is 289 Å². The van der Waals surface area contributed by atoms with Crippen molar-refractivity contribution in [2.75, 3.05) is 50.3 Å². The van der Waals surface area contributed by atoms with Crippen LogP contribution in [0, 0.1) is 0 Å². The van der Waals surface area contributed by atoms with Gasteiger partial charge in [0.1, 0.15) is 37.1 Å². The first kappa shape index (κ1) is 57.0. The van der Waals surface area contributed by atoms with Gasteiger partial charge >= 0.3 is 59.7 Å². The number of unbranched alkanes of at least 4 members (excludes halogenated alkanes) is 4. The highest BCUT2D eigenvalue weighted by atomic mass is 19.3.